The van der Waals surface area contributed by atoms with Crippen molar-refractivity contribution in [2.24, 2.45) is 0 Å². The molecule has 2 atom stereocenters. The van der Waals surface area contributed by atoms with Gasteiger partial charge in [-0.05, 0) is 37.8 Å². The zero-order chi connectivity index (χ0) is 15.1. The highest BCUT2D eigenvalue weighted by Gasteiger charge is 2.40. The van der Waals surface area contributed by atoms with Crippen LogP contribution in [0.5, 0.6) is 0 Å². The van der Waals surface area contributed by atoms with Crippen LogP contribution in [0.2, 0.25) is 0 Å². The predicted molar refractivity (Wildman–Crippen MR) is 84.0 cm³/mol. The Morgan fingerprint density at radius 3 is 2.76 bits per heavy atom. The van der Waals surface area contributed by atoms with Crippen LogP contribution in [0.1, 0.15) is 38.2 Å². The summed E-state index contributed by atoms with van der Waals surface area (Å²) in [5.41, 5.74) is 0.694. The SMILES string of the molecule is CCCC1(C(=O)NC(CO)Cc2ccccc2)CCCN1. The Morgan fingerprint density at radius 2 is 2.19 bits per heavy atom. The lowest BCUT2D eigenvalue weighted by atomic mass is 9.90. The molecule has 2 rings (SSSR count). The summed E-state index contributed by atoms with van der Waals surface area (Å²) in [5.74, 6) is 0.0387. The van der Waals surface area contributed by atoms with Gasteiger partial charge in [-0.1, -0.05) is 43.7 Å². The van der Waals surface area contributed by atoms with Gasteiger partial charge >= 0.3 is 0 Å². The van der Waals surface area contributed by atoms with E-state index in [1.54, 1.807) is 0 Å². The first-order valence-corrected chi connectivity index (χ1v) is 7.91. The highest BCUT2D eigenvalue weighted by Crippen LogP contribution is 2.25. The van der Waals surface area contributed by atoms with Crippen LogP contribution < -0.4 is 10.6 Å². The van der Waals surface area contributed by atoms with Gasteiger partial charge in [0.25, 0.3) is 0 Å². The molecule has 1 aliphatic rings. The Kier molecular flexibility index (Phi) is 5.76. The summed E-state index contributed by atoms with van der Waals surface area (Å²) < 4.78 is 0. The van der Waals surface area contributed by atoms with Crippen LogP contribution in [0.4, 0.5) is 0 Å². The van der Waals surface area contributed by atoms with Gasteiger partial charge in [0.2, 0.25) is 5.91 Å². The molecule has 4 heteroatoms. The Morgan fingerprint density at radius 1 is 1.43 bits per heavy atom. The summed E-state index contributed by atoms with van der Waals surface area (Å²) in [6.07, 6.45) is 4.41. The maximum atomic E-state index is 12.6. The van der Waals surface area contributed by atoms with Gasteiger partial charge in [-0.15, -0.1) is 0 Å². The molecule has 3 N–H and O–H groups in total. The molecular formula is C17H26N2O2. The molecule has 1 heterocycles. The summed E-state index contributed by atoms with van der Waals surface area (Å²) in [7, 11) is 0. The molecule has 0 aliphatic carbocycles. The van der Waals surface area contributed by atoms with Crippen LogP contribution in [0.15, 0.2) is 30.3 Å². The third-order valence-corrected chi connectivity index (χ3v) is 4.24. The maximum Gasteiger partial charge on any atom is 0.240 e. The minimum atomic E-state index is -0.432. The number of rotatable bonds is 7. The average Bonchev–Trinajstić information content (AvgIpc) is 2.98. The van der Waals surface area contributed by atoms with Gasteiger partial charge in [0, 0.05) is 0 Å². The number of amides is 1. The third-order valence-electron chi connectivity index (χ3n) is 4.24. The monoisotopic (exact) mass is 290 g/mol. The number of benzene rings is 1. The molecule has 0 radical (unpaired) electrons. The minimum Gasteiger partial charge on any atom is -0.394 e. The van der Waals surface area contributed by atoms with Gasteiger partial charge in [0.1, 0.15) is 0 Å². The van der Waals surface area contributed by atoms with Crippen molar-refractivity contribution in [1.29, 1.82) is 0 Å². The second-order valence-electron chi connectivity index (χ2n) is 5.91. The first-order valence-electron chi connectivity index (χ1n) is 7.91. The molecule has 1 aliphatic heterocycles. The molecule has 0 bridgehead atoms. The van der Waals surface area contributed by atoms with Crippen LogP contribution >= 0.6 is 0 Å². The Hall–Kier alpha value is -1.39. The summed E-state index contributed by atoms with van der Waals surface area (Å²) in [5, 5.41) is 16.0. The van der Waals surface area contributed by atoms with Gasteiger partial charge in [0.05, 0.1) is 18.2 Å². The fraction of sp³-hybridized carbons (Fsp3) is 0.588. The highest BCUT2D eigenvalue weighted by atomic mass is 16.3. The maximum absolute atomic E-state index is 12.6. The molecule has 0 saturated carbocycles. The van der Waals surface area contributed by atoms with Gasteiger partial charge in [-0.3, -0.25) is 4.79 Å². The molecule has 2 unspecified atom stereocenters. The summed E-state index contributed by atoms with van der Waals surface area (Å²) in [6, 6.07) is 9.73. The molecule has 1 saturated heterocycles. The highest BCUT2D eigenvalue weighted by molar-refractivity contribution is 5.87. The first-order chi connectivity index (χ1) is 10.2. The van der Waals surface area contributed by atoms with Crippen LogP contribution in [-0.2, 0) is 11.2 Å². The lowest BCUT2D eigenvalue weighted by Gasteiger charge is -2.30. The van der Waals surface area contributed by atoms with Crippen molar-refractivity contribution < 1.29 is 9.90 Å². The van der Waals surface area contributed by atoms with Crippen molar-refractivity contribution >= 4 is 5.91 Å². The van der Waals surface area contributed by atoms with E-state index in [1.807, 2.05) is 30.3 Å². The molecule has 21 heavy (non-hydrogen) atoms. The first kappa shape index (κ1) is 16.0. The number of carbonyl (C=O) groups is 1. The number of hydrogen-bond donors (Lipinski definition) is 3. The van der Waals surface area contributed by atoms with Gasteiger partial charge in [-0.2, -0.15) is 0 Å². The minimum absolute atomic E-state index is 0.0387. The second-order valence-corrected chi connectivity index (χ2v) is 5.91. The second kappa shape index (κ2) is 7.57. The lowest BCUT2D eigenvalue weighted by molar-refractivity contribution is -0.128. The predicted octanol–water partition coefficient (Wildman–Crippen LogP) is 1.63. The van der Waals surface area contributed by atoms with E-state index in [0.29, 0.717) is 6.42 Å². The largest absolute Gasteiger partial charge is 0.394 e. The number of nitrogens with one attached hydrogen (secondary N) is 2. The number of aliphatic hydroxyl groups excluding tert-OH is 1. The van der Waals surface area contributed by atoms with Crippen molar-refractivity contribution in [1.82, 2.24) is 10.6 Å². The zero-order valence-electron chi connectivity index (χ0n) is 12.8. The van der Waals surface area contributed by atoms with Crippen molar-refractivity contribution in [3.05, 3.63) is 35.9 Å². The van der Waals surface area contributed by atoms with Crippen molar-refractivity contribution in [2.45, 2.75) is 50.6 Å². The molecule has 0 aromatic heterocycles. The molecule has 1 amide bonds. The average molecular weight is 290 g/mol. The third kappa shape index (κ3) is 4.05. The molecule has 0 spiro atoms. The van der Waals surface area contributed by atoms with E-state index in [0.717, 1.165) is 37.8 Å². The van der Waals surface area contributed by atoms with Crippen molar-refractivity contribution in [2.75, 3.05) is 13.2 Å². The van der Waals surface area contributed by atoms with Crippen LogP contribution in [0.3, 0.4) is 0 Å². The van der Waals surface area contributed by atoms with E-state index in [2.05, 4.69) is 17.6 Å². The smallest absolute Gasteiger partial charge is 0.240 e. The fourth-order valence-corrected chi connectivity index (χ4v) is 3.14. The topological polar surface area (TPSA) is 61.4 Å². The quantitative estimate of drug-likeness (QED) is 0.715. The number of carbonyl (C=O) groups excluding carboxylic acids is 1. The van der Waals surface area contributed by atoms with Crippen LogP contribution in [0, 0.1) is 0 Å². The van der Waals surface area contributed by atoms with Crippen LogP contribution in [0.25, 0.3) is 0 Å². The van der Waals surface area contributed by atoms with E-state index in [4.69, 9.17) is 0 Å². The normalized spacial score (nSPS) is 23.0. The van der Waals surface area contributed by atoms with Crippen LogP contribution in [-0.4, -0.2) is 35.7 Å². The standard InChI is InChI=1S/C17H26N2O2/c1-2-9-17(10-6-11-18-17)16(21)19-15(13-20)12-14-7-4-3-5-8-14/h3-5,7-8,15,18,20H,2,6,9-13H2,1H3,(H,19,21). The van der Waals surface area contributed by atoms with Gasteiger partial charge in [-0.25, -0.2) is 0 Å². The van der Waals surface area contributed by atoms with Gasteiger partial charge < -0.3 is 15.7 Å². The summed E-state index contributed by atoms with van der Waals surface area (Å²) >= 11 is 0. The van der Waals surface area contributed by atoms with E-state index in [-0.39, 0.29) is 18.6 Å². The Labute approximate surface area is 126 Å². The fourth-order valence-electron chi connectivity index (χ4n) is 3.14. The van der Waals surface area contributed by atoms with E-state index in [1.165, 1.54) is 0 Å². The molecule has 4 nitrogen and oxygen atoms in total. The summed E-state index contributed by atoms with van der Waals surface area (Å²) in [6.45, 7) is 2.96. The summed E-state index contributed by atoms with van der Waals surface area (Å²) in [4.78, 5) is 12.6. The molecule has 1 aromatic carbocycles. The van der Waals surface area contributed by atoms with Gasteiger partial charge in [0.15, 0.2) is 0 Å². The number of hydrogen-bond acceptors (Lipinski definition) is 3. The van der Waals surface area contributed by atoms with E-state index >= 15 is 0 Å². The zero-order valence-corrected chi connectivity index (χ0v) is 12.8. The molecule has 116 valence electrons. The van der Waals surface area contributed by atoms with E-state index in [9.17, 15) is 9.90 Å². The Bertz CT molecular complexity index is 441. The molecule has 1 aromatic rings. The van der Waals surface area contributed by atoms with Crippen molar-refractivity contribution in [3.8, 4) is 0 Å². The van der Waals surface area contributed by atoms with Crippen molar-refractivity contribution in [3.63, 3.8) is 0 Å². The lowest BCUT2D eigenvalue weighted by Crippen LogP contribution is -2.56. The van der Waals surface area contributed by atoms with E-state index < -0.39 is 5.54 Å². The molecular weight excluding hydrogens is 264 g/mol. The molecule has 1 fully saturated rings. The Balaban J connectivity index is 1.98. The number of aliphatic hydroxyl groups is 1.